The molecule has 0 saturated carbocycles. The van der Waals surface area contributed by atoms with Crippen LogP contribution in [-0.4, -0.2) is 36.0 Å². The number of esters is 1. The van der Waals surface area contributed by atoms with Gasteiger partial charge in [0.2, 0.25) is 0 Å². The van der Waals surface area contributed by atoms with Gasteiger partial charge in [0.1, 0.15) is 6.10 Å². The molecule has 108 valence electrons. The lowest BCUT2D eigenvalue weighted by atomic mass is 9.99. The normalized spacial score (nSPS) is 34.8. The molecule has 0 aromatic carbocycles. The SMILES string of the molecule is C=C1CC(CCCO)O[C@H]1CCC1CC(C)C(=O)O1. The standard InChI is InChI=1S/C15H24O4/c1-10-8-12(4-3-7-16)18-14(10)6-5-13-9-11(2)15(17)19-13/h11-14,16H,1,3-9H2,2H3/t11?,12?,13?,14-/m0/s1. The van der Waals surface area contributed by atoms with Crippen LogP contribution in [0.3, 0.4) is 0 Å². The number of hydrogen-bond donors (Lipinski definition) is 1. The third-order valence-electron chi connectivity index (χ3n) is 4.04. The fourth-order valence-electron chi connectivity index (χ4n) is 2.89. The number of rotatable bonds is 6. The molecule has 4 nitrogen and oxygen atoms in total. The first kappa shape index (κ1) is 14.5. The summed E-state index contributed by atoms with van der Waals surface area (Å²) in [6.45, 7) is 6.20. The van der Waals surface area contributed by atoms with Crippen molar-refractivity contribution >= 4 is 5.97 Å². The summed E-state index contributed by atoms with van der Waals surface area (Å²) in [5.74, 6) is -0.0352. The van der Waals surface area contributed by atoms with Crippen LogP contribution in [0.5, 0.6) is 0 Å². The van der Waals surface area contributed by atoms with E-state index in [0.29, 0.717) is 0 Å². The Hall–Kier alpha value is -0.870. The van der Waals surface area contributed by atoms with Gasteiger partial charge >= 0.3 is 5.97 Å². The summed E-state index contributed by atoms with van der Waals surface area (Å²) in [6.07, 6.45) is 5.47. The van der Waals surface area contributed by atoms with Gasteiger partial charge in [-0.2, -0.15) is 0 Å². The molecule has 2 rings (SSSR count). The lowest BCUT2D eigenvalue weighted by molar-refractivity contribution is -0.144. The Morgan fingerprint density at radius 3 is 2.74 bits per heavy atom. The van der Waals surface area contributed by atoms with Gasteiger partial charge in [-0.1, -0.05) is 13.5 Å². The predicted molar refractivity (Wildman–Crippen MR) is 71.6 cm³/mol. The third kappa shape index (κ3) is 3.80. The highest BCUT2D eigenvalue weighted by Crippen LogP contribution is 2.32. The molecule has 2 heterocycles. The van der Waals surface area contributed by atoms with Crippen molar-refractivity contribution in [1.82, 2.24) is 0 Å². The maximum Gasteiger partial charge on any atom is 0.309 e. The van der Waals surface area contributed by atoms with E-state index in [-0.39, 0.29) is 36.8 Å². The summed E-state index contributed by atoms with van der Waals surface area (Å²) >= 11 is 0. The van der Waals surface area contributed by atoms with Crippen molar-refractivity contribution in [2.45, 2.75) is 63.8 Å². The van der Waals surface area contributed by atoms with Gasteiger partial charge in [0.05, 0.1) is 18.1 Å². The minimum atomic E-state index is -0.0722. The second kappa shape index (κ2) is 6.53. The van der Waals surface area contributed by atoms with Gasteiger partial charge in [0, 0.05) is 6.61 Å². The molecule has 0 amide bonds. The molecule has 0 aliphatic carbocycles. The molecule has 0 spiro atoms. The lowest BCUT2D eigenvalue weighted by Crippen LogP contribution is -2.15. The fourth-order valence-corrected chi connectivity index (χ4v) is 2.89. The summed E-state index contributed by atoms with van der Waals surface area (Å²) in [4.78, 5) is 11.3. The van der Waals surface area contributed by atoms with Crippen LogP contribution >= 0.6 is 0 Å². The molecule has 4 heteroatoms. The van der Waals surface area contributed by atoms with E-state index in [2.05, 4.69) is 6.58 Å². The number of cyclic esters (lactones) is 1. The number of hydrogen-bond acceptors (Lipinski definition) is 4. The molecule has 0 aromatic rings. The predicted octanol–water partition coefficient (Wildman–Crippen LogP) is 2.20. The molecule has 2 fully saturated rings. The van der Waals surface area contributed by atoms with Crippen LogP contribution in [0.4, 0.5) is 0 Å². The van der Waals surface area contributed by atoms with Crippen molar-refractivity contribution in [3.05, 3.63) is 12.2 Å². The summed E-state index contributed by atoms with van der Waals surface area (Å²) in [6, 6.07) is 0. The highest BCUT2D eigenvalue weighted by Gasteiger charge is 2.33. The molecule has 4 atom stereocenters. The topological polar surface area (TPSA) is 55.8 Å². The molecule has 2 aliphatic heterocycles. The van der Waals surface area contributed by atoms with Gasteiger partial charge in [-0.25, -0.2) is 0 Å². The summed E-state index contributed by atoms with van der Waals surface area (Å²) < 4.78 is 11.2. The Labute approximate surface area is 114 Å². The van der Waals surface area contributed by atoms with Crippen molar-refractivity contribution < 1.29 is 19.4 Å². The van der Waals surface area contributed by atoms with Crippen molar-refractivity contribution in [1.29, 1.82) is 0 Å². The number of carbonyl (C=O) groups is 1. The second-order valence-electron chi connectivity index (χ2n) is 5.75. The number of aliphatic hydroxyl groups is 1. The molecule has 2 saturated heterocycles. The number of aliphatic hydroxyl groups excluding tert-OH is 1. The first-order valence-corrected chi connectivity index (χ1v) is 7.24. The van der Waals surface area contributed by atoms with Gasteiger partial charge in [0.25, 0.3) is 0 Å². The molecular weight excluding hydrogens is 244 g/mol. The van der Waals surface area contributed by atoms with Crippen molar-refractivity contribution in [3.63, 3.8) is 0 Å². The quantitative estimate of drug-likeness (QED) is 0.592. The number of carbonyl (C=O) groups excluding carboxylic acids is 1. The monoisotopic (exact) mass is 268 g/mol. The molecule has 2 aliphatic rings. The zero-order chi connectivity index (χ0) is 13.8. The smallest absolute Gasteiger partial charge is 0.309 e. The average Bonchev–Trinajstić information content (AvgIpc) is 2.88. The van der Waals surface area contributed by atoms with E-state index in [1.807, 2.05) is 6.92 Å². The van der Waals surface area contributed by atoms with Crippen LogP contribution in [0.1, 0.15) is 45.4 Å². The Morgan fingerprint density at radius 1 is 1.32 bits per heavy atom. The third-order valence-corrected chi connectivity index (χ3v) is 4.04. The van der Waals surface area contributed by atoms with Crippen LogP contribution in [0.25, 0.3) is 0 Å². The zero-order valence-electron chi connectivity index (χ0n) is 11.6. The minimum Gasteiger partial charge on any atom is -0.462 e. The molecule has 0 radical (unpaired) electrons. The van der Waals surface area contributed by atoms with Crippen LogP contribution in [0.15, 0.2) is 12.2 Å². The maximum atomic E-state index is 11.3. The molecule has 0 aromatic heterocycles. The van der Waals surface area contributed by atoms with Gasteiger partial charge in [0.15, 0.2) is 0 Å². The van der Waals surface area contributed by atoms with E-state index in [0.717, 1.165) is 44.1 Å². The fraction of sp³-hybridized carbons (Fsp3) is 0.800. The first-order chi connectivity index (χ1) is 9.10. The van der Waals surface area contributed by atoms with Crippen LogP contribution in [0, 0.1) is 5.92 Å². The van der Waals surface area contributed by atoms with Crippen LogP contribution < -0.4 is 0 Å². The Morgan fingerprint density at radius 2 is 2.11 bits per heavy atom. The van der Waals surface area contributed by atoms with E-state index in [1.165, 1.54) is 0 Å². The Kier molecular flexibility index (Phi) is 4.99. The average molecular weight is 268 g/mol. The highest BCUT2D eigenvalue weighted by atomic mass is 16.6. The van der Waals surface area contributed by atoms with Gasteiger partial charge in [-0.3, -0.25) is 4.79 Å². The lowest BCUT2D eigenvalue weighted by Gasteiger charge is -2.15. The van der Waals surface area contributed by atoms with Crippen molar-refractivity contribution in [2.24, 2.45) is 5.92 Å². The van der Waals surface area contributed by atoms with Crippen LogP contribution in [-0.2, 0) is 14.3 Å². The van der Waals surface area contributed by atoms with E-state index in [4.69, 9.17) is 14.6 Å². The van der Waals surface area contributed by atoms with Crippen molar-refractivity contribution in [3.8, 4) is 0 Å². The van der Waals surface area contributed by atoms with E-state index in [1.54, 1.807) is 0 Å². The summed E-state index contributed by atoms with van der Waals surface area (Å²) in [5, 5.41) is 8.83. The van der Waals surface area contributed by atoms with E-state index < -0.39 is 0 Å². The Bertz CT molecular complexity index is 339. The molecule has 19 heavy (non-hydrogen) atoms. The Balaban J connectivity index is 1.71. The summed E-state index contributed by atoms with van der Waals surface area (Å²) in [7, 11) is 0. The van der Waals surface area contributed by atoms with Gasteiger partial charge < -0.3 is 14.6 Å². The highest BCUT2D eigenvalue weighted by molar-refractivity contribution is 5.74. The molecular formula is C15H24O4. The zero-order valence-corrected chi connectivity index (χ0v) is 11.6. The summed E-state index contributed by atoms with van der Waals surface area (Å²) in [5.41, 5.74) is 1.14. The van der Waals surface area contributed by atoms with Crippen LogP contribution in [0.2, 0.25) is 0 Å². The first-order valence-electron chi connectivity index (χ1n) is 7.24. The maximum absolute atomic E-state index is 11.3. The second-order valence-corrected chi connectivity index (χ2v) is 5.75. The van der Waals surface area contributed by atoms with E-state index in [9.17, 15) is 4.79 Å². The van der Waals surface area contributed by atoms with E-state index >= 15 is 0 Å². The largest absolute Gasteiger partial charge is 0.462 e. The molecule has 3 unspecified atom stereocenters. The number of ether oxygens (including phenoxy) is 2. The van der Waals surface area contributed by atoms with Gasteiger partial charge in [-0.15, -0.1) is 0 Å². The van der Waals surface area contributed by atoms with Gasteiger partial charge in [-0.05, 0) is 44.1 Å². The van der Waals surface area contributed by atoms with Crippen molar-refractivity contribution in [2.75, 3.05) is 6.61 Å². The molecule has 1 N–H and O–H groups in total. The minimum absolute atomic E-state index is 0.0370. The molecule has 0 bridgehead atoms.